The molecule has 0 saturated heterocycles. The number of anilines is 1. The third-order valence-corrected chi connectivity index (χ3v) is 3.68. The standard InChI is InChI=1S/C17H20N2O/c1-2-20-15-9-4-8-14(12-15)19-16-10-3-6-13-7-5-11-18-17(13)16/h4-5,7-9,11-12,16,19H,2-3,6,10H2,1H3. The fraction of sp³-hybridized carbons (Fsp3) is 0.353. The average molecular weight is 268 g/mol. The molecule has 1 heterocycles. The van der Waals surface area contributed by atoms with Crippen molar-refractivity contribution in [2.24, 2.45) is 0 Å². The molecule has 1 aromatic heterocycles. The van der Waals surface area contributed by atoms with E-state index in [0.29, 0.717) is 12.6 Å². The Morgan fingerprint density at radius 2 is 2.25 bits per heavy atom. The first kappa shape index (κ1) is 13.0. The van der Waals surface area contributed by atoms with Crippen LogP contribution in [0.3, 0.4) is 0 Å². The van der Waals surface area contributed by atoms with E-state index in [2.05, 4.69) is 28.5 Å². The second-order valence-corrected chi connectivity index (χ2v) is 5.10. The summed E-state index contributed by atoms with van der Waals surface area (Å²) >= 11 is 0. The Bertz CT molecular complexity index is 583. The van der Waals surface area contributed by atoms with E-state index in [1.807, 2.05) is 31.3 Å². The Morgan fingerprint density at radius 1 is 1.30 bits per heavy atom. The van der Waals surface area contributed by atoms with Crippen molar-refractivity contribution in [2.45, 2.75) is 32.2 Å². The fourth-order valence-corrected chi connectivity index (χ4v) is 2.79. The lowest BCUT2D eigenvalue weighted by Crippen LogP contribution is -2.18. The summed E-state index contributed by atoms with van der Waals surface area (Å²) in [4.78, 5) is 4.56. The van der Waals surface area contributed by atoms with Gasteiger partial charge in [0.2, 0.25) is 0 Å². The minimum atomic E-state index is 0.303. The molecule has 0 spiro atoms. The molecule has 3 heteroatoms. The molecule has 0 bridgehead atoms. The number of ether oxygens (including phenoxy) is 1. The summed E-state index contributed by atoms with van der Waals surface area (Å²) in [7, 11) is 0. The first-order chi connectivity index (χ1) is 9.86. The Hall–Kier alpha value is -2.03. The van der Waals surface area contributed by atoms with E-state index < -0.39 is 0 Å². The fourth-order valence-electron chi connectivity index (χ4n) is 2.79. The summed E-state index contributed by atoms with van der Waals surface area (Å²) in [5.74, 6) is 0.912. The van der Waals surface area contributed by atoms with Crippen molar-refractivity contribution in [3.05, 3.63) is 53.9 Å². The number of benzene rings is 1. The van der Waals surface area contributed by atoms with E-state index in [1.165, 1.54) is 17.7 Å². The van der Waals surface area contributed by atoms with Crippen LogP contribution < -0.4 is 10.1 Å². The van der Waals surface area contributed by atoms with Gasteiger partial charge < -0.3 is 10.1 Å². The Labute approximate surface area is 120 Å². The number of fused-ring (bicyclic) bond motifs is 1. The largest absolute Gasteiger partial charge is 0.494 e. The van der Waals surface area contributed by atoms with Crippen LogP contribution in [0.15, 0.2) is 42.6 Å². The second kappa shape index (κ2) is 5.95. The molecule has 0 fully saturated rings. The molecule has 0 saturated carbocycles. The molecule has 3 rings (SSSR count). The third-order valence-electron chi connectivity index (χ3n) is 3.68. The lowest BCUT2D eigenvalue weighted by atomic mass is 9.92. The zero-order chi connectivity index (χ0) is 13.8. The lowest BCUT2D eigenvalue weighted by Gasteiger charge is -2.26. The van der Waals surface area contributed by atoms with E-state index in [1.54, 1.807) is 0 Å². The SMILES string of the molecule is CCOc1cccc(NC2CCCc3cccnc32)c1. The van der Waals surface area contributed by atoms with Gasteiger partial charge in [0.05, 0.1) is 18.3 Å². The Morgan fingerprint density at radius 3 is 3.15 bits per heavy atom. The maximum atomic E-state index is 5.55. The molecule has 20 heavy (non-hydrogen) atoms. The number of nitrogens with one attached hydrogen (secondary N) is 1. The summed E-state index contributed by atoms with van der Waals surface area (Å²) < 4.78 is 5.55. The molecule has 0 amide bonds. The van der Waals surface area contributed by atoms with E-state index in [0.717, 1.165) is 24.3 Å². The van der Waals surface area contributed by atoms with Crippen LogP contribution in [0, 0.1) is 0 Å². The van der Waals surface area contributed by atoms with Crippen molar-refractivity contribution in [1.82, 2.24) is 4.98 Å². The van der Waals surface area contributed by atoms with Gasteiger partial charge in [0.25, 0.3) is 0 Å². The van der Waals surface area contributed by atoms with Gasteiger partial charge in [-0.15, -0.1) is 0 Å². The third kappa shape index (κ3) is 2.77. The van der Waals surface area contributed by atoms with Crippen LogP contribution in [0.1, 0.15) is 37.1 Å². The van der Waals surface area contributed by atoms with Crippen LogP contribution in [0.5, 0.6) is 5.75 Å². The van der Waals surface area contributed by atoms with Gasteiger partial charge in [-0.05, 0) is 49.9 Å². The molecule has 1 aromatic carbocycles. The van der Waals surface area contributed by atoms with Gasteiger partial charge in [-0.1, -0.05) is 12.1 Å². The lowest BCUT2D eigenvalue weighted by molar-refractivity contribution is 0.340. The topological polar surface area (TPSA) is 34.1 Å². The highest BCUT2D eigenvalue weighted by Gasteiger charge is 2.20. The molecule has 104 valence electrons. The van der Waals surface area contributed by atoms with E-state index in [4.69, 9.17) is 4.74 Å². The van der Waals surface area contributed by atoms with Gasteiger partial charge in [0, 0.05) is 18.0 Å². The van der Waals surface area contributed by atoms with Crippen molar-refractivity contribution in [2.75, 3.05) is 11.9 Å². The minimum Gasteiger partial charge on any atom is -0.494 e. The van der Waals surface area contributed by atoms with Gasteiger partial charge in [-0.2, -0.15) is 0 Å². The van der Waals surface area contributed by atoms with Crippen LogP contribution >= 0.6 is 0 Å². The predicted octanol–water partition coefficient (Wildman–Crippen LogP) is 3.97. The van der Waals surface area contributed by atoms with Gasteiger partial charge in [0.15, 0.2) is 0 Å². The van der Waals surface area contributed by atoms with Gasteiger partial charge in [-0.25, -0.2) is 0 Å². The van der Waals surface area contributed by atoms with Gasteiger partial charge in [0.1, 0.15) is 5.75 Å². The van der Waals surface area contributed by atoms with Crippen LogP contribution in [0.4, 0.5) is 5.69 Å². The summed E-state index contributed by atoms with van der Waals surface area (Å²) in [6.45, 7) is 2.69. The molecular formula is C17H20N2O. The monoisotopic (exact) mass is 268 g/mol. The number of hydrogen-bond acceptors (Lipinski definition) is 3. The van der Waals surface area contributed by atoms with Crippen molar-refractivity contribution in [3.63, 3.8) is 0 Å². The molecular weight excluding hydrogens is 248 g/mol. The van der Waals surface area contributed by atoms with Crippen LogP contribution in [0.2, 0.25) is 0 Å². The number of aromatic nitrogens is 1. The van der Waals surface area contributed by atoms with Crippen molar-refractivity contribution in [3.8, 4) is 5.75 Å². The molecule has 0 aliphatic heterocycles. The van der Waals surface area contributed by atoms with Gasteiger partial charge in [-0.3, -0.25) is 4.98 Å². The van der Waals surface area contributed by atoms with Crippen LogP contribution in [0.25, 0.3) is 0 Å². The number of pyridine rings is 1. The molecule has 2 aromatic rings. The highest BCUT2D eigenvalue weighted by atomic mass is 16.5. The quantitative estimate of drug-likeness (QED) is 0.911. The first-order valence-corrected chi connectivity index (χ1v) is 7.30. The molecule has 1 aliphatic rings. The van der Waals surface area contributed by atoms with E-state index in [-0.39, 0.29) is 0 Å². The molecule has 0 radical (unpaired) electrons. The summed E-state index contributed by atoms with van der Waals surface area (Å²) in [5, 5.41) is 3.59. The first-order valence-electron chi connectivity index (χ1n) is 7.30. The summed E-state index contributed by atoms with van der Waals surface area (Å²) in [6.07, 6.45) is 5.36. The highest BCUT2D eigenvalue weighted by Crippen LogP contribution is 2.31. The number of hydrogen-bond donors (Lipinski definition) is 1. The number of nitrogens with zero attached hydrogens (tertiary/aromatic N) is 1. The van der Waals surface area contributed by atoms with Crippen molar-refractivity contribution >= 4 is 5.69 Å². The van der Waals surface area contributed by atoms with Crippen LogP contribution in [-0.2, 0) is 6.42 Å². The Kier molecular flexibility index (Phi) is 3.86. The zero-order valence-corrected chi connectivity index (χ0v) is 11.8. The van der Waals surface area contributed by atoms with Gasteiger partial charge >= 0.3 is 0 Å². The zero-order valence-electron chi connectivity index (χ0n) is 11.8. The highest BCUT2D eigenvalue weighted by molar-refractivity contribution is 5.50. The molecule has 3 nitrogen and oxygen atoms in total. The summed E-state index contributed by atoms with van der Waals surface area (Å²) in [5.41, 5.74) is 3.66. The normalized spacial score (nSPS) is 17.4. The van der Waals surface area contributed by atoms with Crippen molar-refractivity contribution in [1.29, 1.82) is 0 Å². The average Bonchev–Trinajstić information content (AvgIpc) is 2.48. The minimum absolute atomic E-state index is 0.303. The van der Waals surface area contributed by atoms with E-state index in [9.17, 15) is 0 Å². The molecule has 1 atom stereocenters. The molecule has 1 unspecified atom stereocenters. The van der Waals surface area contributed by atoms with E-state index >= 15 is 0 Å². The van der Waals surface area contributed by atoms with Crippen LogP contribution in [-0.4, -0.2) is 11.6 Å². The summed E-state index contributed by atoms with van der Waals surface area (Å²) in [6, 6.07) is 12.7. The maximum absolute atomic E-state index is 5.55. The molecule has 1 aliphatic carbocycles. The molecule has 1 N–H and O–H groups in total. The van der Waals surface area contributed by atoms with Crippen molar-refractivity contribution < 1.29 is 4.74 Å². The maximum Gasteiger partial charge on any atom is 0.121 e. The second-order valence-electron chi connectivity index (χ2n) is 5.10. The smallest absolute Gasteiger partial charge is 0.121 e. The number of aryl methyl sites for hydroxylation is 1. The number of rotatable bonds is 4. The Balaban J connectivity index is 1.80. The predicted molar refractivity (Wildman–Crippen MR) is 81.1 cm³/mol.